The zero-order valence-corrected chi connectivity index (χ0v) is 13.0. The molecule has 2 unspecified atom stereocenters. The summed E-state index contributed by atoms with van der Waals surface area (Å²) in [6, 6.07) is 7.36. The average molecular weight is 325 g/mol. The molecule has 1 aliphatic rings. The van der Waals surface area contributed by atoms with E-state index in [-0.39, 0.29) is 24.3 Å². The molecule has 0 spiro atoms. The van der Waals surface area contributed by atoms with Crippen molar-refractivity contribution < 1.29 is 23.8 Å². The van der Waals surface area contributed by atoms with Crippen LogP contribution in [0.25, 0.3) is 0 Å². The van der Waals surface area contributed by atoms with Crippen LogP contribution in [-0.4, -0.2) is 28.3 Å². The number of thioether (sulfide) groups is 1. The van der Waals surface area contributed by atoms with Crippen LogP contribution >= 0.6 is 11.8 Å². The van der Waals surface area contributed by atoms with Crippen molar-refractivity contribution in [3.05, 3.63) is 47.3 Å². The molecular weight excluding hydrogens is 306 g/mol. The molecule has 0 saturated carbocycles. The molecule has 22 heavy (non-hydrogen) atoms. The Labute approximate surface area is 132 Å². The summed E-state index contributed by atoms with van der Waals surface area (Å²) in [5.74, 6) is 3.33. The van der Waals surface area contributed by atoms with Gasteiger partial charge in [0.15, 0.2) is 12.0 Å². The lowest BCUT2D eigenvalue weighted by molar-refractivity contribution is 0.109. The first kappa shape index (κ1) is 16.8. The van der Waals surface area contributed by atoms with Crippen LogP contribution in [-0.2, 0) is 13.2 Å². The highest BCUT2D eigenvalue weighted by molar-refractivity contribution is 7.99. The molecule has 6 nitrogen and oxygen atoms in total. The molecule has 2 aromatic heterocycles. The summed E-state index contributed by atoms with van der Waals surface area (Å²) >= 11 is 1.84. The second-order valence-corrected chi connectivity index (χ2v) is 5.96. The first-order valence-corrected chi connectivity index (χ1v) is 7.93. The third kappa shape index (κ3) is 4.48. The van der Waals surface area contributed by atoms with Gasteiger partial charge in [0, 0.05) is 11.8 Å². The fraction of sp³-hybridized carbons (Fsp3) is 0.400. The van der Waals surface area contributed by atoms with Gasteiger partial charge in [-0.1, -0.05) is 0 Å². The van der Waals surface area contributed by atoms with E-state index in [1.54, 1.807) is 6.07 Å². The van der Waals surface area contributed by atoms with Crippen LogP contribution in [0.15, 0.2) is 33.1 Å². The maximum Gasteiger partial charge on any atom is 0.185 e. The lowest BCUT2D eigenvalue weighted by atomic mass is 10.3. The van der Waals surface area contributed by atoms with Crippen molar-refractivity contribution in [3.8, 4) is 0 Å². The van der Waals surface area contributed by atoms with Gasteiger partial charge in [-0.25, -0.2) is 0 Å². The summed E-state index contributed by atoms with van der Waals surface area (Å²) in [5.41, 5.74) is 0. The Bertz CT molecular complexity index is 594. The first-order valence-electron chi connectivity index (χ1n) is 6.88. The third-order valence-electron chi connectivity index (χ3n) is 3.00. The van der Waals surface area contributed by atoms with Crippen LogP contribution in [0.4, 0.5) is 0 Å². The van der Waals surface area contributed by atoms with Crippen LogP contribution in [0.1, 0.15) is 40.1 Å². The van der Waals surface area contributed by atoms with Crippen molar-refractivity contribution in [1.82, 2.24) is 5.32 Å². The number of nitrogens with one attached hydrogen (secondary N) is 1. The van der Waals surface area contributed by atoms with Crippen LogP contribution in [0.3, 0.4) is 0 Å². The minimum Gasteiger partial charge on any atom is -0.461 e. The molecule has 2 aromatic rings. The van der Waals surface area contributed by atoms with Crippen molar-refractivity contribution in [2.75, 3.05) is 5.75 Å². The number of hydrogen-bond acceptors (Lipinski definition) is 7. The van der Waals surface area contributed by atoms with Crippen molar-refractivity contribution in [2.45, 2.75) is 31.6 Å². The smallest absolute Gasteiger partial charge is 0.185 e. The van der Waals surface area contributed by atoms with Crippen LogP contribution in [0, 0.1) is 0 Å². The SMILES string of the molecule is CC1CSC(c2ccc(CO)o2)N1.O=Cc1ccc(CO)o1. The average Bonchev–Trinajstić information content (AvgIpc) is 3.27. The summed E-state index contributed by atoms with van der Waals surface area (Å²) in [7, 11) is 0. The van der Waals surface area contributed by atoms with E-state index in [0.717, 1.165) is 11.5 Å². The standard InChI is InChI=1S/C9H13NO2S.C6H6O3/c1-6-5-13-9(10-6)8-3-2-7(4-11)12-8;7-3-5-1-2-6(4-8)9-5/h2-3,6,9-11H,4-5H2,1H3;1-3,8H,4H2. The largest absolute Gasteiger partial charge is 0.461 e. The van der Waals surface area contributed by atoms with E-state index in [2.05, 4.69) is 12.2 Å². The van der Waals surface area contributed by atoms with Gasteiger partial charge in [0.1, 0.15) is 35.9 Å². The van der Waals surface area contributed by atoms with Gasteiger partial charge in [-0.15, -0.1) is 11.8 Å². The predicted octanol–water partition coefficient (Wildman–Crippen LogP) is 2.08. The Kier molecular flexibility index (Phi) is 6.26. The maximum absolute atomic E-state index is 9.96. The Hall–Kier alpha value is -1.54. The van der Waals surface area contributed by atoms with E-state index >= 15 is 0 Å². The molecular formula is C15H19NO5S. The van der Waals surface area contributed by atoms with Crippen LogP contribution < -0.4 is 5.32 Å². The maximum atomic E-state index is 9.96. The summed E-state index contributed by atoms with van der Waals surface area (Å²) in [4.78, 5) is 9.96. The van der Waals surface area contributed by atoms with E-state index in [4.69, 9.17) is 19.0 Å². The van der Waals surface area contributed by atoms with Gasteiger partial charge in [0.25, 0.3) is 0 Å². The van der Waals surface area contributed by atoms with Crippen LogP contribution in [0.5, 0.6) is 0 Å². The number of aliphatic hydroxyl groups excluding tert-OH is 2. The molecule has 0 aliphatic carbocycles. The summed E-state index contributed by atoms with van der Waals surface area (Å²) < 4.78 is 10.2. The summed E-state index contributed by atoms with van der Waals surface area (Å²) in [6.45, 7) is 1.98. The molecule has 0 radical (unpaired) electrons. The molecule has 1 saturated heterocycles. The Morgan fingerprint density at radius 2 is 1.91 bits per heavy atom. The number of aliphatic hydroxyl groups is 2. The topological polar surface area (TPSA) is 95.8 Å². The number of carbonyl (C=O) groups excluding carboxylic acids is 1. The number of furan rings is 2. The van der Waals surface area contributed by atoms with E-state index in [1.807, 2.05) is 23.9 Å². The zero-order chi connectivity index (χ0) is 15.9. The molecule has 7 heteroatoms. The highest BCUT2D eigenvalue weighted by Gasteiger charge is 2.24. The van der Waals surface area contributed by atoms with Gasteiger partial charge in [-0.3, -0.25) is 10.1 Å². The van der Waals surface area contributed by atoms with E-state index in [1.165, 1.54) is 6.07 Å². The number of rotatable bonds is 4. The lowest BCUT2D eigenvalue weighted by Gasteiger charge is -2.06. The van der Waals surface area contributed by atoms with Gasteiger partial charge >= 0.3 is 0 Å². The summed E-state index contributed by atoms with van der Waals surface area (Å²) in [6.07, 6.45) is 0.596. The fourth-order valence-electron chi connectivity index (χ4n) is 1.92. The highest BCUT2D eigenvalue weighted by atomic mass is 32.2. The van der Waals surface area contributed by atoms with E-state index in [9.17, 15) is 4.79 Å². The normalized spacial score (nSPS) is 20.5. The highest BCUT2D eigenvalue weighted by Crippen LogP contribution is 2.33. The molecule has 1 fully saturated rings. The molecule has 120 valence electrons. The number of hydrogen-bond donors (Lipinski definition) is 3. The number of aldehydes is 1. The van der Waals surface area contributed by atoms with Crippen molar-refractivity contribution in [2.24, 2.45) is 0 Å². The molecule has 3 heterocycles. The molecule has 3 N–H and O–H groups in total. The van der Waals surface area contributed by atoms with Gasteiger partial charge in [0.2, 0.25) is 0 Å². The van der Waals surface area contributed by atoms with Gasteiger partial charge in [-0.2, -0.15) is 0 Å². The minimum absolute atomic E-state index is 0.0209. The Balaban J connectivity index is 0.000000172. The quantitative estimate of drug-likeness (QED) is 0.741. The Morgan fingerprint density at radius 1 is 1.23 bits per heavy atom. The molecule has 0 bridgehead atoms. The van der Waals surface area contributed by atoms with Gasteiger partial charge in [-0.05, 0) is 31.2 Å². The molecule has 0 amide bonds. The third-order valence-corrected chi connectivity index (χ3v) is 4.39. The van der Waals surface area contributed by atoms with E-state index in [0.29, 0.717) is 23.8 Å². The zero-order valence-electron chi connectivity index (χ0n) is 12.2. The van der Waals surface area contributed by atoms with Crippen LogP contribution in [0.2, 0.25) is 0 Å². The van der Waals surface area contributed by atoms with Gasteiger partial charge in [0.05, 0.1) is 0 Å². The van der Waals surface area contributed by atoms with Gasteiger partial charge < -0.3 is 19.0 Å². The van der Waals surface area contributed by atoms with E-state index < -0.39 is 0 Å². The first-order chi connectivity index (χ1) is 10.7. The van der Waals surface area contributed by atoms with Crippen molar-refractivity contribution in [1.29, 1.82) is 0 Å². The molecule has 0 aromatic carbocycles. The predicted molar refractivity (Wildman–Crippen MR) is 82.4 cm³/mol. The molecule has 3 rings (SSSR count). The minimum atomic E-state index is -0.159. The van der Waals surface area contributed by atoms with Crippen molar-refractivity contribution >= 4 is 18.0 Å². The Morgan fingerprint density at radius 3 is 2.36 bits per heavy atom. The lowest BCUT2D eigenvalue weighted by Crippen LogP contribution is -2.21. The van der Waals surface area contributed by atoms with Crippen molar-refractivity contribution in [3.63, 3.8) is 0 Å². The summed E-state index contributed by atoms with van der Waals surface area (Å²) in [5, 5.41) is 20.9. The second-order valence-electron chi connectivity index (χ2n) is 4.82. The second kappa shape index (κ2) is 8.19. The monoisotopic (exact) mass is 325 g/mol. The fourth-order valence-corrected chi connectivity index (χ4v) is 3.12. The molecule has 1 aliphatic heterocycles. The number of carbonyl (C=O) groups is 1. The molecule has 2 atom stereocenters.